The monoisotopic (exact) mass is 358 g/mol. The van der Waals surface area contributed by atoms with E-state index in [4.69, 9.17) is 0 Å². The highest BCUT2D eigenvalue weighted by molar-refractivity contribution is 9.10. The molecule has 2 aromatic heterocycles. The molecule has 22 heavy (non-hydrogen) atoms. The Kier molecular flexibility index (Phi) is 4.11. The van der Waals surface area contributed by atoms with E-state index in [9.17, 15) is 4.79 Å². The molecule has 112 valence electrons. The van der Waals surface area contributed by atoms with Crippen LogP contribution in [0.1, 0.15) is 27.9 Å². The minimum absolute atomic E-state index is 0.178. The van der Waals surface area contributed by atoms with Gasteiger partial charge in [-0.3, -0.25) is 4.79 Å². The Morgan fingerprint density at radius 2 is 2.14 bits per heavy atom. The number of aromatic nitrogens is 3. The summed E-state index contributed by atoms with van der Waals surface area (Å²) in [5.74, 6) is 0.604. The van der Waals surface area contributed by atoms with Gasteiger partial charge >= 0.3 is 0 Å². The molecule has 1 unspecified atom stereocenters. The average Bonchev–Trinajstić information content (AvgIpc) is 3.14. The SMILES string of the molecule is Cn1ccnc1C(NC(=O)c1cc(Br)c[nH]1)c1ccccc1. The molecule has 1 atom stereocenters. The minimum Gasteiger partial charge on any atom is -0.356 e. The fraction of sp³-hybridized carbons (Fsp3) is 0.125. The molecule has 0 saturated carbocycles. The Labute approximate surface area is 136 Å². The number of imidazole rings is 1. The van der Waals surface area contributed by atoms with E-state index in [2.05, 4.69) is 31.2 Å². The number of H-pyrrole nitrogens is 1. The van der Waals surface area contributed by atoms with Crippen LogP contribution >= 0.6 is 15.9 Å². The van der Waals surface area contributed by atoms with Gasteiger partial charge in [0.2, 0.25) is 0 Å². The molecule has 0 aliphatic rings. The zero-order chi connectivity index (χ0) is 15.5. The number of amides is 1. The zero-order valence-corrected chi connectivity index (χ0v) is 13.5. The van der Waals surface area contributed by atoms with Crippen LogP contribution in [0.25, 0.3) is 0 Å². The highest BCUT2D eigenvalue weighted by Crippen LogP contribution is 2.21. The summed E-state index contributed by atoms with van der Waals surface area (Å²) in [7, 11) is 1.91. The molecule has 0 spiro atoms. The second-order valence-electron chi connectivity index (χ2n) is 4.95. The van der Waals surface area contributed by atoms with E-state index in [0.717, 1.165) is 15.9 Å². The van der Waals surface area contributed by atoms with Crippen LogP contribution in [0.15, 0.2) is 59.5 Å². The Morgan fingerprint density at radius 1 is 1.36 bits per heavy atom. The number of benzene rings is 1. The fourth-order valence-corrected chi connectivity index (χ4v) is 2.65. The van der Waals surface area contributed by atoms with E-state index < -0.39 is 0 Å². The van der Waals surface area contributed by atoms with E-state index >= 15 is 0 Å². The van der Waals surface area contributed by atoms with Crippen LogP contribution < -0.4 is 5.32 Å². The number of nitrogens with zero attached hydrogens (tertiary/aromatic N) is 2. The molecular weight excluding hydrogens is 344 g/mol. The summed E-state index contributed by atoms with van der Waals surface area (Å²) < 4.78 is 2.74. The summed E-state index contributed by atoms with van der Waals surface area (Å²) in [6.45, 7) is 0. The van der Waals surface area contributed by atoms with E-state index in [1.54, 1.807) is 18.5 Å². The van der Waals surface area contributed by atoms with Crippen LogP contribution in [0, 0.1) is 0 Å². The maximum atomic E-state index is 12.4. The third-order valence-corrected chi connectivity index (χ3v) is 3.88. The van der Waals surface area contributed by atoms with Crippen molar-refractivity contribution in [3.8, 4) is 0 Å². The van der Waals surface area contributed by atoms with Gasteiger partial charge in [-0.2, -0.15) is 0 Å². The second kappa shape index (κ2) is 6.19. The lowest BCUT2D eigenvalue weighted by Crippen LogP contribution is -2.31. The summed E-state index contributed by atoms with van der Waals surface area (Å²) >= 11 is 3.33. The number of nitrogens with one attached hydrogen (secondary N) is 2. The van der Waals surface area contributed by atoms with Gasteiger partial charge in [0.1, 0.15) is 17.6 Å². The van der Waals surface area contributed by atoms with Gasteiger partial charge in [0.15, 0.2) is 0 Å². The Morgan fingerprint density at radius 3 is 2.73 bits per heavy atom. The highest BCUT2D eigenvalue weighted by Gasteiger charge is 2.21. The summed E-state index contributed by atoms with van der Waals surface area (Å²) in [6.07, 6.45) is 5.32. The molecule has 2 N–H and O–H groups in total. The lowest BCUT2D eigenvalue weighted by atomic mass is 10.1. The minimum atomic E-state index is -0.309. The van der Waals surface area contributed by atoms with Crippen molar-refractivity contribution in [2.24, 2.45) is 7.05 Å². The molecule has 3 aromatic rings. The lowest BCUT2D eigenvalue weighted by molar-refractivity contribution is 0.0936. The summed E-state index contributed by atoms with van der Waals surface area (Å²) in [5.41, 5.74) is 1.48. The van der Waals surface area contributed by atoms with Crippen molar-refractivity contribution >= 4 is 21.8 Å². The molecule has 2 heterocycles. The molecule has 0 saturated heterocycles. The maximum Gasteiger partial charge on any atom is 0.268 e. The molecule has 0 aliphatic carbocycles. The first-order chi connectivity index (χ1) is 10.6. The zero-order valence-electron chi connectivity index (χ0n) is 12.0. The molecular formula is C16H15BrN4O. The van der Waals surface area contributed by atoms with Crippen molar-refractivity contribution in [2.75, 3.05) is 0 Å². The molecule has 0 bridgehead atoms. The molecule has 1 amide bonds. The smallest absolute Gasteiger partial charge is 0.268 e. The van der Waals surface area contributed by atoms with Gasteiger partial charge in [-0.15, -0.1) is 0 Å². The van der Waals surface area contributed by atoms with Crippen LogP contribution in [-0.4, -0.2) is 20.4 Å². The van der Waals surface area contributed by atoms with Crippen molar-refractivity contribution in [3.63, 3.8) is 0 Å². The maximum absolute atomic E-state index is 12.4. The molecule has 0 aliphatic heterocycles. The number of aryl methyl sites for hydroxylation is 1. The van der Waals surface area contributed by atoms with E-state index in [-0.39, 0.29) is 11.9 Å². The van der Waals surface area contributed by atoms with Crippen molar-refractivity contribution in [2.45, 2.75) is 6.04 Å². The van der Waals surface area contributed by atoms with Crippen LogP contribution in [0.5, 0.6) is 0 Å². The van der Waals surface area contributed by atoms with Gasteiger partial charge in [-0.1, -0.05) is 30.3 Å². The first-order valence-corrected chi connectivity index (χ1v) is 7.61. The van der Waals surface area contributed by atoms with Gasteiger partial charge in [-0.25, -0.2) is 4.98 Å². The number of halogens is 1. The Hall–Kier alpha value is -2.34. The first kappa shape index (κ1) is 14.6. The molecule has 0 radical (unpaired) electrons. The Balaban J connectivity index is 1.93. The van der Waals surface area contributed by atoms with Crippen LogP contribution in [-0.2, 0) is 7.05 Å². The van der Waals surface area contributed by atoms with Gasteiger partial charge < -0.3 is 14.9 Å². The largest absolute Gasteiger partial charge is 0.356 e. The summed E-state index contributed by atoms with van der Waals surface area (Å²) in [6, 6.07) is 11.2. The number of hydrogen-bond donors (Lipinski definition) is 2. The number of hydrogen-bond acceptors (Lipinski definition) is 2. The number of carbonyl (C=O) groups excluding carboxylic acids is 1. The quantitative estimate of drug-likeness (QED) is 0.752. The summed E-state index contributed by atoms with van der Waals surface area (Å²) in [5, 5.41) is 3.03. The second-order valence-corrected chi connectivity index (χ2v) is 5.86. The Bertz CT molecular complexity index is 778. The lowest BCUT2D eigenvalue weighted by Gasteiger charge is -2.18. The van der Waals surface area contributed by atoms with Gasteiger partial charge in [-0.05, 0) is 27.6 Å². The van der Waals surface area contributed by atoms with Crippen LogP contribution in [0.3, 0.4) is 0 Å². The van der Waals surface area contributed by atoms with E-state index in [0.29, 0.717) is 5.69 Å². The van der Waals surface area contributed by atoms with E-state index in [1.807, 2.05) is 48.1 Å². The molecule has 5 nitrogen and oxygen atoms in total. The van der Waals surface area contributed by atoms with Crippen molar-refractivity contribution in [3.05, 3.63) is 76.5 Å². The third kappa shape index (κ3) is 2.96. The molecule has 1 aromatic carbocycles. The predicted octanol–water partition coefficient (Wildman–Crippen LogP) is 3.03. The molecule has 0 fully saturated rings. The molecule has 6 heteroatoms. The first-order valence-electron chi connectivity index (χ1n) is 6.82. The average molecular weight is 359 g/mol. The van der Waals surface area contributed by atoms with Crippen molar-refractivity contribution in [1.82, 2.24) is 19.9 Å². The topological polar surface area (TPSA) is 62.7 Å². The standard InChI is InChI=1S/C16H15BrN4O/c1-21-8-7-18-15(21)14(11-5-3-2-4-6-11)20-16(22)13-9-12(17)10-19-13/h2-10,14,19H,1H3,(H,20,22). The highest BCUT2D eigenvalue weighted by atomic mass is 79.9. The van der Waals surface area contributed by atoms with Crippen molar-refractivity contribution < 1.29 is 4.79 Å². The summed E-state index contributed by atoms with van der Waals surface area (Å²) in [4.78, 5) is 19.8. The van der Waals surface area contributed by atoms with E-state index in [1.165, 1.54) is 0 Å². The predicted molar refractivity (Wildman–Crippen MR) is 87.5 cm³/mol. The molecule has 3 rings (SSSR count). The number of rotatable bonds is 4. The van der Waals surface area contributed by atoms with Gasteiger partial charge in [0, 0.05) is 30.1 Å². The number of carbonyl (C=O) groups is 1. The normalized spacial score (nSPS) is 12.1. The fourth-order valence-electron chi connectivity index (χ4n) is 2.31. The van der Waals surface area contributed by atoms with Crippen LogP contribution in [0.2, 0.25) is 0 Å². The number of aromatic amines is 1. The van der Waals surface area contributed by atoms with Crippen LogP contribution in [0.4, 0.5) is 0 Å². The van der Waals surface area contributed by atoms with Gasteiger partial charge in [0.05, 0.1) is 0 Å². The van der Waals surface area contributed by atoms with Crippen molar-refractivity contribution in [1.29, 1.82) is 0 Å². The third-order valence-electron chi connectivity index (χ3n) is 3.42. The van der Waals surface area contributed by atoms with Gasteiger partial charge in [0.25, 0.3) is 5.91 Å².